The van der Waals surface area contributed by atoms with Crippen molar-refractivity contribution in [3.63, 3.8) is 0 Å². The Hall–Kier alpha value is -0.240. The van der Waals surface area contributed by atoms with Crippen LogP contribution in [-0.4, -0.2) is 67.8 Å². The normalized spacial score (nSPS) is 38.6. The zero-order chi connectivity index (χ0) is 13.0. The van der Waals surface area contributed by atoms with Gasteiger partial charge in [-0.25, -0.2) is 0 Å². The summed E-state index contributed by atoms with van der Waals surface area (Å²) in [4.78, 5) is 0. The van der Waals surface area contributed by atoms with Crippen LogP contribution in [0, 0.1) is 0 Å². The molecule has 0 unspecified atom stereocenters. The Morgan fingerprint density at radius 1 is 1.18 bits per heavy atom. The number of aliphatic hydroxyl groups excluding tert-OH is 2. The topological polar surface area (TPSA) is 77.4 Å². The summed E-state index contributed by atoms with van der Waals surface area (Å²) < 4.78 is 20.9. The summed E-state index contributed by atoms with van der Waals surface area (Å²) in [5.41, 5.74) is 0. The van der Waals surface area contributed by atoms with Crippen LogP contribution < -0.4 is 0 Å². The van der Waals surface area contributed by atoms with Crippen LogP contribution in [0.1, 0.15) is 13.8 Å². The molecule has 0 bridgehead atoms. The molecule has 1 aliphatic heterocycles. The quantitative estimate of drug-likeness (QED) is 0.686. The van der Waals surface area contributed by atoms with Gasteiger partial charge in [0.05, 0.1) is 12.7 Å². The van der Waals surface area contributed by atoms with Crippen LogP contribution in [0.4, 0.5) is 0 Å². The Morgan fingerprint density at radius 2 is 1.82 bits per heavy atom. The number of methoxy groups -OCH3 is 2. The largest absolute Gasteiger partial charge is 0.387 e. The Bertz CT molecular complexity index is 220. The van der Waals surface area contributed by atoms with Gasteiger partial charge in [0.2, 0.25) is 0 Å². The minimum atomic E-state index is -1.18. The molecular formula is C11H22O6. The fourth-order valence-corrected chi connectivity index (χ4v) is 1.95. The maximum absolute atomic E-state index is 10.1. The summed E-state index contributed by atoms with van der Waals surface area (Å²) in [5, 5.41) is 19.8. The van der Waals surface area contributed by atoms with Gasteiger partial charge in [-0.2, -0.15) is 0 Å². The van der Waals surface area contributed by atoms with E-state index in [4.69, 9.17) is 18.9 Å². The summed E-state index contributed by atoms with van der Waals surface area (Å²) in [6.45, 7) is 3.97. The van der Waals surface area contributed by atoms with E-state index in [0.717, 1.165) is 0 Å². The van der Waals surface area contributed by atoms with Crippen molar-refractivity contribution < 1.29 is 29.2 Å². The van der Waals surface area contributed by atoms with Gasteiger partial charge < -0.3 is 29.2 Å². The number of hydrogen-bond donors (Lipinski definition) is 2. The highest BCUT2D eigenvalue weighted by Crippen LogP contribution is 2.25. The Kier molecular flexibility index (Phi) is 5.78. The predicted molar refractivity (Wildman–Crippen MR) is 59.6 cm³/mol. The summed E-state index contributed by atoms with van der Waals surface area (Å²) in [6, 6.07) is 0. The third-order valence-electron chi connectivity index (χ3n) is 2.67. The minimum absolute atomic E-state index is 0.0645. The lowest BCUT2D eigenvalue weighted by Crippen LogP contribution is -2.60. The van der Waals surface area contributed by atoms with Crippen molar-refractivity contribution in [1.29, 1.82) is 0 Å². The zero-order valence-corrected chi connectivity index (χ0v) is 10.7. The third kappa shape index (κ3) is 3.61. The van der Waals surface area contributed by atoms with Gasteiger partial charge in [0.15, 0.2) is 6.29 Å². The summed E-state index contributed by atoms with van der Waals surface area (Å²) in [6.07, 6.45) is -4.10. The van der Waals surface area contributed by atoms with Crippen molar-refractivity contribution in [3.8, 4) is 0 Å². The summed E-state index contributed by atoms with van der Waals surface area (Å²) >= 11 is 0. The number of rotatable bonds is 5. The fraction of sp³-hybridized carbons (Fsp3) is 1.00. The summed E-state index contributed by atoms with van der Waals surface area (Å²) in [5.74, 6) is 0. The van der Waals surface area contributed by atoms with E-state index in [2.05, 4.69) is 0 Å². The fourth-order valence-electron chi connectivity index (χ4n) is 1.95. The molecule has 0 spiro atoms. The molecule has 0 radical (unpaired) electrons. The van der Waals surface area contributed by atoms with Gasteiger partial charge in [0.1, 0.15) is 24.4 Å². The molecule has 1 fully saturated rings. The molecule has 6 heteroatoms. The van der Waals surface area contributed by atoms with Gasteiger partial charge in [-0.3, -0.25) is 0 Å². The monoisotopic (exact) mass is 250 g/mol. The molecule has 1 saturated heterocycles. The van der Waals surface area contributed by atoms with Gasteiger partial charge in [-0.05, 0) is 13.8 Å². The lowest BCUT2D eigenvalue weighted by atomic mass is 9.98. The molecule has 1 rings (SSSR count). The van der Waals surface area contributed by atoms with Crippen LogP contribution in [0.3, 0.4) is 0 Å². The molecule has 0 aromatic carbocycles. The molecule has 1 heterocycles. The molecule has 0 aromatic heterocycles. The van der Waals surface area contributed by atoms with E-state index in [1.807, 2.05) is 13.8 Å². The van der Waals surface area contributed by atoms with E-state index in [-0.39, 0.29) is 12.7 Å². The zero-order valence-electron chi connectivity index (χ0n) is 10.7. The molecular weight excluding hydrogens is 228 g/mol. The van der Waals surface area contributed by atoms with Crippen molar-refractivity contribution in [2.75, 3.05) is 20.8 Å². The lowest BCUT2D eigenvalue weighted by Gasteiger charge is -2.42. The average Bonchev–Trinajstić information content (AvgIpc) is 2.24. The first kappa shape index (κ1) is 14.8. The van der Waals surface area contributed by atoms with E-state index in [9.17, 15) is 10.2 Å². The standard InChI is InChI=1S/C11H22O6/c1-6(2)16-9-7(5-14-3)17-11(13)10(15-4)8(9)12/h6-13H,5H2,1-4H3/t7-,8+,9-,10+,11-/m1/s1. The van der Waals surface area contributed by atoms with Crippen molar-refractivity contribution >= 4 is 0 Å². The molecule has 5 atom stereocenters. The number of ether oxygens (including phenoxy) is 4. The average molecular weight is 250 g/mol. The molecule has 102 valence electrons. The molecule has 1 aliphatic rings. The maximum atomic E-state index is 10.1. The van der Waals surface area contributed by atoms with Gasteiger partial charge in [-0.1, -0.05) is 0 Å². The Labute approximate surface area is 101 Å². The molecule has 0 saturated carbocycles. The van der Waals surface area contributed by atoms with E-state index in [0.29, 0.717) is 0 Å². The van der Waals surface area contributed by atoms with Crippen molar-refractivity contribution in [3.05, 3.63) is 0 Å². The smallest absolute Gasteiger partial charge is 0.184 e. The van der Waals surface area contributed by atoms with Crippen LogP contribution >= 0.6 is 0 Å². The highest BCUT2D eigenvalue weighted by molar-refractivity contribution is 4.91. The molecule has 0 aromatic rings. The minimum Gasteiger partial charge on any atom is -0.387 e. The second-order valence-electron chi connectivity index (χ2n) is 4.36. The Morgan fingerprint density at radius 3 is 2.29 bits per heavy atom. The Balaban J connectivity index is 2.76. The first-order chi connectivity index (χ1) is 8.01. The molecule has 2 N–H and O–H groups in total. The van der Waals surface area contributed by atoms with Crippen LogP contribution in [0.25, 0.3) is 0 Å². The number of hydrogen-bond acceptors (Lipinski definition) is 6. The molecule has 6 nitrogen and oxygen atoms in total. The second kappa shape index (κ2) is 6.63. The van der Waals surface area contributed by atoms with Crippen LogP contribution in [0.15, 0.2) is 0 Å². The lowest BCUT2D eigenvalue weighted by molar-refractivity contribution is -0.303. The SMILES string of the molecule is COC[C@H]1O[C@@H](O)[C@@H](OC)[C@@H](O)[C@@H]1OC(C)C. The van der Waals surface area contributed by atoms with E-state index < -0.39 is 30.7 Å². The molecule has 0 aliphatic carbocycles. The van der Waals surface area contributed by atoms with Gasteiger partial charge in [0.25, 0.3) is 0 Å². The first-order valence-corrected chi connectivity index (χ1v) is 5.70. The first-order valence-electron chi connectivity index (χ1n) is 5.70. The predicted octanol–water partition coefficient (Wildman–Crippen LogP) is -0.480. The van der Waals surface area contributed by atoms with Crippen molar-refractivity contribution in [2.24, 2.45) is 0 Å². The molecule has 0 amide bonds. The van der Waals surface area contributed by atoms with E-state index in [1.165, 1.54) is 14.2 Å². The van der Waals surface area contributed by atoms with Crippen LogP contribution in [0.5, 0.6) is 0 Å². The van der Waals surface area contributed by atoms with E-state index >= 15 is 0 Å². The van der Waals surface area contributed by atoms with Crippen molar-refractivity contribution in [1.82, 2.24) is 0 Å². The molecule has 17 heavy (non-hydrogen) atoms. The number of aliphatic hydroxyl groups is 2. The highest BCUT2D eigenvalue weighted by atomic mass is 16.7. The van der Waals surface area contributed by atoms with Crippen LogP contribution in [0.2, 0.25) is 0 Å². The van der Waals surface area contributed by atoms with E-state index in [1.54, 1.807) is 0 Å². The highest BCUT2D eigenvalue weighted by Gasteiger charge is 2.45. The maximum Gasteiger partial charge on any atom is 0.184 e. The van der Waals surface area contributed by atoms with Crippen molar-refractivity contribution in [2.45, 2.75) is 50.7 Å². The van der Waals surface area contributed by atoms with Gasteiger partial charge >= 0.3 is 0 Å². The summed E-state index contributed by atoms with van der Waals surface area (Å²) in [7, 11) is 2.93. The van der Waals surface area contributed by atoms with Gasteiger partial charge in [0, 0.05) is 14.2 Å². The second-order valence-corrected chi connectivity index (χ2v) is 4.36. The van der Waals surface area contributed by atoms with Gasteiger partial charge in [-0.15, -0.1) is 0 Å². The van der Waals surface area contributed by atoms with Crippen LogP contribution in [-0.2, 0) is 18.9 Å². The third-order valence-corrected chi connectivity index (χ3v) is 2.67.